The van der Waals surface area contributed by atoms with Crippen molar-refractivity contribution < 1.29 is 34.2 Å². The van der Waals surface area contributed by atoms with Crippen LogP contribution in [-0.2, 0) is 30.4 Å². The Bertz CT molecular complexity index is 1170. The second-order valence-corrected chi connectivity index (χ2v) is 12.3. The normalized spacial score (nSPS) is 15.1. The highest BCUT2D eigenvalue weighted by Crippen LogP contribution is 2.10. The van der Waals surface area contributed by atoms with Crippen LogP contribution in [0.4, 0.5) is 0 Å². The van der Waals surface area contributed by atoms with Crippen molar-refractivity contribution in [3.8, 4) is 0 Å². The summed E-state index contributed by atoms with van der Waals surface area (Å²) in [6.07, 6.45) is -0.411. The molecule has 1 rings (SSSR count). The molecule has 0 bridgehead atoms. The average Bonchev–Trinajstić information content (AvgIpc) is 2.95. The molecule has 0 unspecified atom stereocenters. The summed E-state index contributed by atoms with van der Waals surface area (Å²) in [6.45, 7) is 8.98. The summed E-state index contributed by atoms with van der Waals surface area (Å²) in [7, 11) is 0. The van der Waals surface area contributed by atoms with Crippen molar-refractivity contribution >= 4 is 35.6 Å². The van der Waals surface area contributed by atoms with Crippen LogP contribution >= 0.6 is 0 Å². The van der Waals surface area contributed by atoms with Gasteiger partial charge in [0.15, 0.2) is 12.0 Å². The van der Waals surface area contributed by atoms with Gasteiger partial charge in [0.2, 0.25) is 23.6 Å². The van der Waals surface area contributed by atoms with Crippen molar-refractivity contribution in [3.05, 3.63) is 35.9 Å². The largest absolute Gasteiger partial charge is 0.480 e. The monoisotopic (exact) mass is 648 g/mol. The fourth-order valence-electron chi connectivity index (χ4n) is 4.62. The number of aliphatic hydroxyl groups is 1. The van der Waals surface area contributed by atoms with E-state index in [1.165, 1.54) is 6.92 Å². The third-order valence-corrected chi connectivity index (χ3v) is 6.94. The number of carboxylic acids is 1. The molecule has 15 nitrogen and oxygen atoms in total. The first-order chi connectivity index (χ1) is 21.5. The summed E-state index contributed by atoms with van der Waals surface area (Å²) in [5.41, 5.74) is 17.5. The molecule has 0 aromatic heterocycles. The highest BCUT2D eigenvalue weighted by atomic mass is 16.4. The Hall–Kier alpha value is -4.24. The molecule has 46 heavy (non-hydrogen) atoms. The van der Waals surface area contributed by atoms with Gasteiger partial charge < -0.3 is 48.7 Å². The van der Waals surface area contributed by atoms with Crippen molar-refractivity contribution in [2.45, 2.75) is 103 Å². The van der Waals surface area contributed by atoms with Crippen LogP contribution in [0, 0.1) is 11.8 Å². The van der Waals surface area contributed by atoms with E-state index in [0.717, 1.165) is 0 Å². The summed E-state index contributed by atoms with van der Waals surface area (Å²) in [6, 6.07) is 2.81. The van der Waals surface area contributed by atoms with Gasteiger partial charge in [-0.1, -0.05) is 58.0 Å². The Morgan fingerprint density at radius 1 is 0.761 bits per heavy atom. The Balaban J connectivity index is 3.31. The van der Waals surface area contributed by atoms with Gasteiger partial charge in [-0.2, -0.15) is 0 Å². The molecule has 4 amide bonds. The van der Waals surface area contributed by atoms with E-state index in [1.807, 2.05) is 27.7 Å². The lowest BCUT2D eigenvalue weighted by molar-refractivity contribution is -0.145. The predicted octanol–water partition coefficient (Wildman–Crippen LogP) is -0.893. The molecule has 1 aromatic rings. The average molecular weight is 649 g/mol. The molecule has 1 aromatic carbocycles. The second kappa shape index (κ2) is 20.0. The van der Waals surface area contributed by atoms with Gasteiger partial charge in [-0.3, -0.25) is 24.2 Å². The van der Waals surface area contributed by atoms with Crippen molar-refractivity contribution in [2.75, 3.05) is 6.54 Å². The fourth-order valence-corrected chi connectivity index (χ4v) is 4.62. The molecule has 0 spiro atoms. The number of hydrogen-bond donors (Lipinski definition) is 9. The SMILES string of the molecule is CC(C)C[C@H](NC(=O)[C@@H](N)CC(C)C)C(=O)N[C@@H](CCCN=C(N)N)C(=O)N[C@@H](Cc1ccccc1)C(=O)N[C@H](C(=O)O)[C@@H](C)O. The van der Waals surface area contributed by atoms with Crippen molar-refractivity contribution in [2.24, 2.45) is 34.0 Å². The number of nitrogens with one attached hydrogen (secondary N) is 4. The van der Waals surface area contributed by atoms with Gasteiger partial charge in [-0.25, -0.2) is 4.79 Å². The summed E-state index contributed by atoms with van der Waals surface area (Å²) < 4.78 is 0. The minimum atomic E-state index is -1.62. The molecule has 0 radical (unpaired) electrons. The molecule has 0 aliphatic rings. The Kier molecular flexibility index (Phi) is 17.3. The first kappa shape index (κ1) is 39.8. The zero-order valence-electron chi connectivity index (χ0n) is 27.4. The summed E-state index contributed by atoms with van der Waals surface area (Å²) >= 11 is 0. The lowest BCUT2D eigenvalue weighted by atomic mass is 9.99. The fraction of sp³-hybridized carbons (Fsp3) is 0.613. The maximum atomic E-state index is 13.7. The minimum Gasteiger partial charge on any atom is -0.480 e. The Labute approximate surface area is 270 Å². The summed E-state index contributed by atoms with van der Waals surface area (Å²) in [5, 5.41) is 29.7. The second-order valence-electron chi connectivity index (χ2n) is 12.3. The van der Waals surface area contributed by atoms with Gasteiger partial charge >= 0.3 is 5.97 Å². The number of nitrogens with zero attached hydrogens (tertiary/aromatic N) is 1. The van der Waals surface area contributed by atoms with Gasteiger partial charge in [-0.15, -0.1) is 0 Å². The number of hydrogen-bond acceptors (Lipinski definition) is 8. The molecular formula is C31H52N8O7. The molecule has 258 valence electrons. The number of rotatable bonds is 20. The Morgan fingerprint density at radius 3 is 1.80 bits per heavy atom. The molecule has 0 fully saturated rings. The molecule has 0 heterocycles. The molecule has 0 aliphatic carbocycles. The van der Waals surface area contributed by atoms with Crippen LogP contribution in [0.1, 0.15) is 65.9 Å². The standard InChI is InChI=1S/C31H52N8O7/c1-17(2)14-21(32)26(41)37-23(15-18(3)4)28(43)36-22(12-9-13-35-31(33)34)27(42)38-24(16-20-10-7-6-8-11-20)29(44)39-25(19(5)40)30(45)46/h6-8,10-11,17-19,21-25,40H,9,12-16,32H2,1-5H3,(H,36,43)(H,37,41)(H,38,42)(H,39,44)(H,45,46)(H4,33,34,35)/t19-,21+,22+,23+,24+,25+/m1/s1. The zero-order valence-corrected chi connectivity index (χ0v) is 27.4. The molecule has 0 saturated heterocycles. The molecule has 12 N–H and O–H groups in total. The van der Waals surface area contributed by atoms with E-state index in [1.54, 1.807) is 30.3 Å². The summed E-state index contributed by atoms with van der Waals surface area (Å²) in [5.74, 6) is -4.13. The topological polar surface area (TPSA) is 264 Å². The van der Waals surface area contributed by atoms with Crippen LogP contribution in [0.3, 0.4) is 0 Å². The van der Waals surface area contributed by atoms with Crippen molar-refractivity contribution in [1.29, 1.82) is 0 Å². The summed E-state index contributed by atoms with van der Waals surface area (Å²) in [4.78, 5) is 68.9. The molecule has 15 heteroatoms. The van der Waals surface area contributed by atoms with Crippen LogP contribution in [0.2, 0.25) is 0 Å². The van der Waals surface area contributed by atoms with Crippen LogP contribution < -0.4 is 38.5 Å². The van der Waals surface area contributed by atoms with E-state index in [-0.39, 0.29) is 50.0 Å². The van der Waals surface area contributed by atoms with Gasteiger partial charge in [0.1, 0.15) is 18.1 Å². The highest BCUT2D eigenvalue weighted by molar-refractivity contribution is 5.95. The predicted molar refractivity (Wildman–Crippen MR) is 174 cm³/mol. The maximum absolute atomic E-state index is 13.7. The molecular weight excluding hydrogens is 596 g/mol. The van der Waals surface area contributed by atoms with Crippen LogP contribution in [0.25, 0.3) is 0 Å². The van der Waals surface area contributed by atoms with Gasteiger partial charge in [0.25, 0.3) is 0 Å². The zero-order chi connectivity index (χ0) is 35.0. The van der Waals surface area contributed by atoms with Gasteiger partial charge in [0, 0.05) is 13.0 Å². The van der Waals surface area contributed by atoms with E-state index in [9.17, 15) is 34.2 Å². The van der Waals surface area contributed by atoms with Crippen molar-refractivity contribution in [3.63, 3.8) is 0 Å². The van der Waals surface area contributed by atoms with E-state index in [4.69, 9.17) is 17.2 Å². The molecule has 0 saturated carbocycles. The number of amides is 4. The van der Waals surface area contributed by atoms with E-state index >= 15 is 0 Å². The minimum absolute atomic E-state index is 0.00145. The number of nitrogens with two attached hydrogens (primary N) is 3. The lowest BCUT2D eigenvalue weighted by Gasteiger charge is -2.27. The number of carboxylic acid groups (broad SMARTS) is 1. The third kappa shape index (κ3) is 15.2. The number of aliphatic carboxylic acids is 1. The van der Waals surface area contributed by atoms with Crippen LogP contribution in [0.5, 0.6) is 0 Å². The van der Waals surface area contributed by atoms with Gasteiger partial charge in [0.05, 0.1) is 12.1 Å². The highest BCUT2D eigenvalue weighted by Gasteiger charge is 2.33. The third-order valence-electron chi connectivity index (χ3n) is 6.94. The van der Waals surface area contributed by atoms with E-state index < -0.39 is 65.9 Å². The smallest absolute Gasteiger partial charge is 0.328 e. The van der Waals surface area contributed by atoms with Crippen LogP contribution in [-0.4, -0.2) is 88.6 Å². The number of carbonyl (C=O) groups is 5. The number of carbonyl (C=O) groups excluding carboxylic acids is 4. The molecule has 6 atom stereocenters. The molecule has 0 aliphatic heterocycles. The Morgan fingerprint density at radius 2 is 1.28 bits per heavy atom. The van der Waals surface area contributed by atoms with E-state index in [2.05, 4.69) is 26.3 Å². The number of aliphatic imine (C=N–C) groups is 1. The maximum Gasteiger partial charge on any atom is 0.328 e. The number of guanidine groups is 1. The first-order valence-electron chi connectivity index (χ1n) is 15.5. The number of benzene rings is 1. The quantitative estimate of drug-likeness (QED) is 0.0478. The van der Waals surface area contributed by atoms with Gasteiger partial charge in [-0.05, 0) is 50.0 Å². The first-order valence-corrected chi connectivity index (χ1v) is 15.5. The van der Waals surface area contributed by atoms with E-state index in [0.29, 0.717) is 12.0 Å². The van der Waals surface area contributed by atoms with Crippen molar-refractivity contribution in [1.82, 2.24) is 21.3 Å². The number of aliphatic hydroxyl groups excluding tert-OH is 1. The lowest BCUT2D eigenvalue weighted by Crippen LogP contribution is -2.59. The van der Waals surface area contributed by atoms with Crippen LogP contribution in [0.15, 0.2) is 35.3 Å².